The molecule has 8 heteroatoms. The van der Waals surface area contributed by atoms with Crippen molar-refractivity contribution in [3.63, 3.8) is 0 Å². The van der Waals surface area contributed by atoms with E-state index in [9.17, 15) is 24.6 Å². The number of aromatic amines is 1. The number of hydrogen-bond acceptors (Lipinski definition) is 5. The summed E-state index contributed by atoms with van der Waals surface area (Å²) in [5.74, 6) is -3.33. The summed E-state index contributed by atoms with van der Waals surface area (Å²) in [6.45, 7) is 1.99. The molecule has 0 aliphatic carbocycles. The third-order valence-corrected chi connectivity index (χ3v) is 4.13. The summed E-state index contributed by atoms with van der Waals surface area (Å²) in [6, 6.07) is 6.80. The fraction of sp³-hybridized carbons (Fsp3) is 0.235. The van der Waals surface area contributed by atoms with Crippen molar-refractivity contribution >= 4 is 17.8 Å². The lowest BCUT2D eigenvalue weighted by Gasteiger charge is -2.20. The molecule has 0 amide bonds. The van der Waals surface area contributed by atoms with Crippen LogP contribution in [0.25, 0.3) is 11.1 Å². The lowest BCUT2D eigenvalue weighted by atomic mass is 9.94. The second kappa shape index (κ2) is 6.78. The third kappa shape index (κ3) is 3.38. The van der Waals surface area contributed by atoms with Gasteiger partial charge in [0.25, 0.3) is 5.56 Å². The third-order valence-electron chi connectivity index (χ3n) is 4.13. The molecule has 0 fully saturated rings. The van der Waals surface area contributed by atoms with Gasteiger partial charge in [-0.25, -0.2) is 9.59 Å². The predicted octanol–water partition coefficient (Wildman–Crippen LogP) is 1.64. The number of nitrogens with one attached hydrogen (secondary N) is 1. The summed E-state index contributed by atoms with van der Waals surface area (Å²) in [4.78, 5) is 39.1. The van der Waals surface area contributed by atoms with E-state index in [1.807, 2.05) is 25.9 Å². The summed E-state index contributed by atoms with van der Waals surface area (Å²) in [6.07, 6.45) is 0. The van der Waals surface area contributed by atoms with E-state index >= 15 is 0 Å². The molecular weight excluding hydrogens is 326 g/mol. The second-order valence-corrected chi connectivity index (χ2v) is 5.86. The number of nitrogen functional groups attached to an aromatic ring is 1. The second-order valence-electron chi connectivity index (χ2n) is 5.86. The number of nitrogens with zero attached hydrogens (tertiary/aromatic N) is 1. The highest BCUT2D eigenvalue weighted by Crippen LogP contribution is 2.30. The minimum absolute atomic E-state index is 0.108. The molecular formula is C17H19N3O5. The van der Waals surface area contributed by atoms with E-state index in [0.29, 0.717) is 5.56 Å². The number of aromatic carboxylic acids is 2. The maximum Gasteiger partial charge on any atom is 0.342 e. The quantitative estimate of drug-likeness (QED) is 0.646. The SMILES string of the molecule is CC(c1ccc(-c2c(C(=O)O)c(N)[nH]c(=O)c2C(=O)O)cc1)N(C)C. The lowest BCUT2D eigenvalue weighted by Crippen LogP contribution is -2.24. The molecule has 0 bridgehead atoms. The molecule has 2 aromatic rings. The number of carboxylic acids is 2. The van der Waals surface area contributed by atoms with Crippen LogP contribution in [0.2, 0.25) is 0 Å². The monoisotopic (exact) mass is 345 g/mol. The van der Waals surface area contributed by atoms with Crippen molar-refractivity contribution in [1.82, 2.24) is 9.88 Å². The van der Waals surface area contributed by atoms with Gasteiger partial charge in [-0.15, -0.1) is 0 Å². The van der Waals surface area contributed by atoms with Crippen LogP contribution < -0.4 is 11.3 Å². The highest BCUT2D eigenvalue weighted by molar-refractivity contribution is 6.07. The summed E-state index contributed by atoms with van der Waals surface area (Å²) < 4.78 is 0. The Morgan fingerprint density at radius 1 is 1.08 bits per heavy atom. The molecule has 0 saturated heterocycles. The zero-order valence-electron chi connectivity index (χ0n) is 14.0. The fourth-order valence-corrected chi connectivity index (χ4v) is 2.56. The van der Waals surface area contributed by atoms with Crippen LogP contribution in [0.4, 0.5) is 5.82 Å². The van der Waals surface area contributed by atoms with E-state index in [1.165, 1.54) is 0 Å². The van der Waals surface area contributed by atoms with Crippen molar-refractivity contribution in [2.24, 2.45) is 0 Å². The van der Waals surface area contributed by atoms with Gasteiger partial charge >= 0.3 is 11.9 Å². The molecule has 0 aliphatic heterocycles. The summed E-state index contributed by atoms with van der Waals surface area (Å²) in [5.41, 5.74) is 4.62. The van der Waals surface area contributed by atoms with Crippen molar-refractivity contribution in [1.29, 1.82) is 0 Å². The van der Waals surface area contributed by atoms with Crippen molar-refractivity contribution in [2.45, 2.75) is 13.0 Å². The van der Waals surface area contributed by atoms with E-state index in [0.717, 1.165) is 5.56 Å². The molecule has 1 heterocycles. The molecule has 0 radical (unpaired) electrons. The Hall–Kier alpha value is -3.13. The number of carbonyl (C=O) groups is 2. The number of anilines is 1. The van der Waals surface area contributed by atoms with Crippen LogP contribution in [0.1, 0.15) is 39.2 Å². The number of hydrogen-bond donors (Lipinski definition) is 4. The predicted molar refractivity (Wildman–Crippen MR) is 92.9 cm³/mol. The largest absolute Gasteiger partial charge is 0.478 e. The molecule has 0 saturated carbocycles. The molecule has 132 valence electrons. The highest BCUT2D eigenvalue weighted by atomic mass is 16.4. The van der Waals surface area contributed by atoms with Crippen molar-refractivity contribution in [2.75, 3.05) is 19.8 Å². The van der Waals surface area contributed by atoms with E-state index in [1.54, 1.807) is 24.3 Å². The average molecular weight is 345 g/mol. The number of pyridine rings is 1. The van der Waals surface area contributed by atoms with Crippen LogP contribution in [0.15, 0.2) is 29.1 Å². The molecule has 5 N–H and O–H groups in total. The van der Waals surface area contributed by atoms with Crippen LogP contribution in [0.5, 0.6) is 0 Å². The first kappa shape index (κ1) is 18.2. The zero-order valence-corrected chi connectivity index (χ0v) is 14.0. The lowest BCUT2D eigenvalue weighted by molar-refractivity contribution is 0.0695. The Labute approximate surface area is 143 Å². The van der Waals surface area contributed by atoms with Crippen LogP contribution in [-0.4, -0.2) is 46.1 Å². The number of carboxylic acid groups (broad SMARTS) is 2. The van der Waals surface area contributed by atoms with E-state index in [2.05, 4.69) is 4.98 Å². The summed E-state index contributed by atoms with van der Waals surface area (Å²) >= 11 is 0. The Balaban J connectivity index is 2.75. The smallest absolute Gasteiger partial charge is 0.342 e. The van der Waals surface area contributed by atoms with Gasteiger partial charge in [-0.1, -0.05) is 24.3 Å². The highest BCUT2D eigenvalue weighted by Gasteiger charge is 2.26. The van der Waals surface area contributed by atoms with Crippen molar-refractivity contribution < 1.29 is 19.8 Å². The number of nitrogens with two attached hydrogens (primary N) is 1. The first-order valence-corrected chi connectivity index (χ1v) is 7.44. The van der Waals surface area contributed by atoms with E-state index in [4.69, 9.17) is 5.73 Å². The molecule has 1 aromatic heterocycles. The normalized spacial score (nSPS) is 12.2. The van der Waals surface area contributed by atoms with Crippen molar-refractivity contribution in [3.8, 4) is 11.1 Å². The summed E-state index contributed by atoms with van der Waals surface area (Å²) in [7, 11) is 3.84. The standard InChI is InChI=1S/C17H19N3O5/c1-8(20(2)3)9-4-6-10(7-5-9)11-12(16(22)23)14(18)19-15(21)13(11)17(24)25/h4-8H,1-3H3,(H,22,23)(H,24,25)(H3,18,19,21). The molecule has 1 unspecified atom stereocenters. The van der Waals surface area contributed by atoms with Crippen molar-refractivity contribution in [3.05, 3.63) is 51.3 Å². The summed E-state index contributed by atoms with van der Waals surface area (Å²) in [5, 5.41) is 18.8. The molecule has 1 aromatic carbocycles. The molecule has 8 nitrogen and oxygen atoms in total. The van der Waals surface area contributed by atoms with Crippen LogP contribution in [0, 0.1) is 0 Å². The Kier molecular flexibility index (Phi) is 4.94. The number of H-pyrrole nitrogens is 1. The molecule has 0 spiro atoms. The van der Waals surface area contributed by atoms with Crippen LogP contribution >= 0.6 is 0 Å². The minimum atomic E-state index is -1.52. The van der Waals surface area contributed by atoms with Crippen LogP contribution in [-0.2, 0) is 0 Å². The molecule has 1 atom stereocenters. The van der Waals surface area contributed by atoms with Gasteiger partial charge in [-0.3, -0.25) is 4.79 Å². The van der Waals surface area contributed by atoms with Gasteiger partial charge in [0.15, 0.2) is 0 Å². The fourth-order valence-electron chi connectivity index (χ4n) is 2.56. The Bertz CT molecular complexity index is 884. The Morgan fingerprint density at radius 3 is 2.04 bits per heavy atom. The van der Waals surface area contributed by atoms with Gasteiger partial charge in [0.05, 0.1) is 0 Å². The molecule has 2 rings (SSSR count). The van der Waals surface area contributed by atoms with Gasteiger partial charge in [-0.05, 0) is 32.1 Å². The zero-order chi connectivity index (χ0) is 18.9. The van der Waals surface area contributed by atoms with Gasteiger partial charge in [-0.2, -0.15) is 0 Å². The van der Waals surface area contributed by atoms with Gasteiger partial charge < -0.3 is 25.8 Å². The minimum Gasteiger partial charge on any atom is -0.478 e. The van der Waals surface area contributed by atoms with Crippen LogP contribution in [0.3, 0.4) is 0 Å². The van der Waals surface area contributed by atoms with E-state index in [-0.39, 0.29) is 17.4 Å². The number of rotatable bonds is 5. The number of benzene rings is 1. The van der Waals surface area contributed by atoms with Gasteiger partial charge in [0, 0.05) is 11.6 Å². The maximum absolute atomic E-state index is 12.0. The van der Waals surface area contributed by atoms with Gasteiger partial charge in [0.2, 0.25) is 0 Å². The first-order valence-electron chi connectivity index (χ1n) is 7.44. The molecule has 0 aliphatic rings. The Morgan fingerprint density at radius 2 is 1.60 bits per heavy atom. The topological polar surface area (TPSA) is 137 Å². The average Bonchev–Trinajstić information content (AvgIpc) is 2.52. The first-order chi connectivity index (χ1) is 11.6. The molecule has 25 heavy (non-hydrogen) atoms. The van der Waals surface area contributed by atoms with E-state index < -0.39 is 28.6 Å². The van der Waals surface area contributed by atoms with Gasteiger partial charge in [0.1, 0.15) is 16.9 Å². The maximum atomic E-state index is 12.0. The number of aromatic nitrogens is 1.